The van der Waals surface area contributed by atoms with E-state index < -0.39 is 0 Å². The molecule has 0 fully saturated rings. The number of benzene rings is 1. The molecule has 16 heavy (non-hydrogen) atoms. The molecule has 0 bridgehead atoms. The fourth-order valence-electron chi connectivity index (χ4n) is 1.18. The normalized spacial score (nSPS) is 11.1. The zero-order valence-corrected chi connectivity index (χ0v) is 10.1. The molecule has 0 saturated heterocycles. The Morgan fingerprint density at radius 1 is 1.44 bits per heavy atom. The molecule has 0 aliphatic heterocycles. The molecule has 1 heterocycles. The smallest absolute Gasteiger partial charge is 0.216 e. The molecule has 0 saturated carbocycles. The predicted molar refractivity (Wildman–Crippen MR) is 66.6 cm³/mol. The van der Waals surface area contributed by atoms with E-state index in [1.807, 2.05) is 31.2 Å². The fraction of sp³-hybridized carbons (Fsp3) is 0.100. The van der Waals surface area contributed by atoms with Crippen LogP contribution in [0.15, 0.2) is 29.4 Å². The molecule has 4 nitrogen and oxygen atoms in total. The molecule has 1 aromatic heterocycles. The molecule has 2 rings (SSSR count). The molecule has 2 aromatic rings. The summed E-state index contributed by atoms with van der Waals surface area (Å²) in [6, 6.07) is 7.38. The first-order valence-corrected chi connectivity index (χ1v) is 5.39. The van der Waals surface area contributed by atoms with Gasteiger partial charge < -0.3 is 0 Å². The van der Waals surface area contributed by atoms with Crippen LogP contribution >= 0.6 is 23.8 Å². The molecule has 0 spiro atoms. The third kappa shape index (κ3) is 2.37. The van der Waals surface area contributed by atoms with E-state index in [0.29, 0.717) is 9.79 Å². The monoisotopic (exact) mass is 252 g/mol. The van der Waals surface area contributed by atoms with Gasteiger partial charge in [0, 0.05) is 5.02 Å². The topological polar surface area (TPSA) is 46.0 Å². The summed E-state index contributed by atoms with van der Waals surface area (Å²) in [7, 11) is 0. The van der Waals surface area contributed by atoms with Gasteiger partial charge in [0.1, 0.15) is 5.82 Å². The van der Waals surface area contributed by atoms with E-state index in [-0.39, 0.29) is 0 Å². The number of aromatic amines is 1. The second kappa shape index (κ2) is 4.59. The summed E-state index contributed by atoms with van der Waals surface area (Å²) < 4.78 is 2.03. The largest absolute Gasteiger partial charge is 0.250 e. The lowest BCUT2D eigenvalue weighted by molar-refractivity contribution is 0.821. The number of halogens is 1. The van der Waals surface area contributed by atoms with E-state index in [9.17, 15) is 0 Å². The van der Waals surface area contributed by atoms with Crippen molar-refractivity contribution in [3.8, 4) is 0 Å². The van der Waals surface area contributed by atoms with E-state index in [4.69, 9.17) is 23.8 Å². The van der Waals surface area contributed by atoms with Gasteiger partial charge >= 0.3 is 0 Å². The lowest BCUT2D eigenvalue weighted by atomic mass is 10.2. The summed E-state index contributed by atoms with van der Waals surface area (Å²) in [5, 5.41) is 11.5. The van der Waals surface area contributed by atoms with E-state index in [1.165, 1.54) is 0 Å². The molecule has 82 valence electrons. The highest BCUT2D eigenvalue weighted by molar-refractivity contribution is 7.71. The van der Waals surface area contributed by atoms with Gasteiger partial charge in [0.05, 0.1) is 6.21 Å². The average molecular weight is 253 g/mol. The number of H-pyrrole nitrogens is 1. The SMILES string of the molecule is Cc1n[nH]c(=S)n1/N=C/c1ccc(Cl)cc1. The molecular formula is C10H9ClN4S. The summed E-state index contributed by atoms with van der Waals surface area (Å²) in [5.74, 6) is 0.718. The first-order chi connectivity index (χ1) is 7.66. The molecule has 0 aliphatic rings. The quantitative estimate of drug-likeness (QED) is 0.660. The Hall–Kier alpha value is -1.46. The van der Waals surface area contributed by atoms with Crippen molar-refractivity contribution in [1.29, 1.82) is 0 Å². The Labute approximate surface area is 103 Å². The van der Waals surface area contributed by atoms with Gasteiger partial charge in [-0.25, -0.2) is 0 Å². The lowest BCUT2D eigenvalue weighted by Crippen LogP contribution is -1.93. The maximum Gasteiger partial charge on any atom is 0.216 e. The van der Waals surface area contributed by atoms with Crippen LogP contribution in [-0.2, 0) is 0 Å². The summed E-state index contributed by atoms with van der Waals surface area (Å²) in [6.07, 6.45) is 1.70. The Bertz CT molecular complexity index is 567. The van der Waals surface area contributed by atoms with Crippen LogP contribution in [0.3, 0.4) is 0 Å². The number of hydrogen-bond donors (Lipinski definition) is 1. The van der Waals surface area contributed by atoms with Crippen LogP contribution in [0.2, 0.25) is 5.02 Å². The van der Waals surface area contributed by atoms with Crippen LogP contribution in [0, 0.1) is 11.7 Å². The van der Waals surface area contributed by atoms with Gasteiger partial charge in [-0.15, -0.1) is 0 Å². The zero-order valence-electron chi connectivity index (χ0n) is 8.51. The summed E-state index contributed by atoms with van der Waals surface area (Å²) >= 11 is 10.8. The van der Waals surface area contributed by atoms with Crippen LogP contribution in [0.4, 0.5) is 0 Å². The lowest BCUT2D eigenvalue weighted by Gasteiger charge is -1.95. The fourth-order valence-corrected chi connectivity index (χ4v) is 1.53. The van der Waals surface area contributed by atoms with Crippen molar-refractivity contribution in [1.82, 2.24) is 14.9 Å². The van der Waals surface area contributed by atoms with Crippen molar-refractivity contribution in [2.45, 2.75) is 6.92 Å². The van der Waals surface area contributed by atoms with Crippen LogP contribution < -0.4 is 0 Å². The van der Waals surface area contributed by atoms with Crippen molar-refractivity contribution in [2.75, 3.05) is 0 Å². The molecule has 0 radical (unpaired) electrons. The number of aryl methyl sites for hydroxylation is 1. The van der Waals surface area contributed by atoms with Gasteiger partial charge in [-0.05, 0) is 36.8 Å². The Morgan fingerprint density at radius 2 is 2.12 bits per heavy atom. The number of rotatable bonds is 2. The highest BCUT2D eigenvalue weighted by Gasteiger charge is 1.96. The summed E-state index contributed by atoms with van der Waals surface area (Å²) in [4.78, 5) is 0. The van der Waals surface area contributed by atoms with Gasteiger partial charge in [0.2, 0.25) is 4.77 Å². The minimum atomic E-state index is 0.475. The molecule has 0 amide bonds. The van der Waals surface area contributed by atoms with Crippen molar-refractivity contribution in [3.63, 3.8) is 0 Å². The number of hydrogen-bond acceptors (Lipinski definition) is 3. The van der Waals surface area contributed by atoms with Gasteiger partial charge in [0.25, 0.3) is 0 Å². The third-order valence-electron chi connectivity index (χ3n) is 2.00. The molecule has 1 aromatic carbocycles. The number of nitrogens with zero attached hydrogens (tertiary/aromatic N) is 3. The third-order valence-corrected chi connectivity index (χ3v) is 2.52. The maximum absolute atomic E-state index is 5.78. The van der Waals surface area contributed by atoms with Gasteiger partial charge in [0.15, 0.2) is 0 Å². The van der Waals surface area contributed by atoms with E-state index in [1.54, 1.807) is 10.9 Å². The minimum Gasteiger partial charge on any atom is -0.250 e. The van der Waals surface area contributed by atoms with Crippen molar-refractivity contribution >= 4 is 30.0 Å². The Morgan fingerprint density at radius 3 is 2.69 bits per heavy atom. The molecule has 6 heteroatoms. The van der Waals surface area contributed by atoms with Crippen LogP contribution in [0.1, 0.15) is 11.4 Å². The summed E-state index contributed by atoms with van der Waals surface area (Å²) in [5.41, 5.74) is 0.951. The molecule has 0 aliphatic carbocycles. The zero-order chi connectivity index (χ0) is 11.5. The number of aromatic nitrogens is 3. The first kappa shape index (κ1) is 11.0. The Kier molecular flexibility index (Phi) is 3.17. The average Bonchev–Trinajstić information content (AvgIpc) is 2.59. The second-order valence-corrected chi connectivity index (χ2v) is 4.01. The molecule has 0 unspecified atom stereocenters. The summed E-state index contributed by atoms with van der Waals surface area (Å²) in [6.45, 7) is 1.82. The van der Waals surface area contributed by atoms with Gasteiger partial charge in [-0.1, -0.05) is 23.7 Å². The van der Waals surface area contributed by atoms with Crippen molar-refractivity contribution < 1.29 is 0 Å². The minimum absolute atomic E-state index is 0.475. The van der Waals surface area contributed by atoms with Crippen LogP contribution in [-0.4, -0.2) is 21.1 Å². The molecule has 1 N–H and O–H groups in total. The van der Waals surface area contributed by atoms with Crippen molar-refractivity contribution in [3.05, 3.63) is 45.4 Å². The first-order valence-electron chi connectivity index (χ1n) is 4.61. The van der Waals surface area contributed by atoms with E-state index >= 15 is 0 Å². The number of nitrogens with one attached hydrogen (secondary N) is 1. The maximum atomic E-state index is 5.78. The van der Waals surface area contributed by atoms with E-state index in [0.717, 1.165) is 11.4 Å². The molecular weight excluding hydrogens is 244 g/mol. The second-order valence-electron chi connectivity index (χ2n) is 3.18. The van der Waals surface area contributed by atoms with Crippen molar-refractivity contribution in [2.24, 2.45) is 5.10 Å². The van der Waals surface area contributed by atoms with Crippen LogP contribution in [0.5, 0.6) is 0 Å². The molecule has 0 atom stereocenters. The predicted octanol–water partition coefficient (Wildman–Crippen LogP) is 2.78. The highest BCUT2D eigenvalue weighted by atomic mass is 35.5. The van der Waals surface area contributed by atoms with E-state index in [2.05, 4.69) is 15.3 Å². The highest BCUT2D eigenvalue weighted by Crippen LogP contribution is 2.08. The van der Waals surface area contributed by atoms with Gasteiger partial charge in [-0.3, -0.25) is 5.10 Å². The Balaban J connectivity index is 2.28. The van der Waals surface area contributed by atoms with Gasteiger partial charge in [-0.2, -0.15) is 14.9 Å². The standard InChI is InChI=1S/C10H9ClN4S/c1-7-13-14-10(16)15(7)12-6-8-2-4-9(11)5-3-8/h2-6H,1H3,(H,14,16)/b12-6+. The van der Waals surface area contributed by atoms with Crippen LogP contribution in [0.25, 0.3) is 0 Å².